The topological polar surface area (TPSA) is 3.24 Å². The van der Waals surface area contributed by atoms with Gasteiger partial charge in [0.1, 0.15) is 0 Å². The van der Waals surface area contributed by atoms with Gasteiger partial charge in [0.15, 0.2) is 0 Å². The van der Waals surface area contributed by atoms with Crippen molar-refractivity contribution in [3.63, 3.8) is 0 Å². The maximum Gasteiger partial charge on any atom is 0.0464 e. The second-order valence-electron chi connectivity index (χ2n) is 14.1. The van der Waals surface area contributed by atoms with Gasteiger partial charge in [-0.15, -0.1) is 0 Å². The lowest BCUT2D eigenvalue weighted by atomic mass is 9.90. The van der Waals surface area contributed by atoms with E-state index in [2.05, 4.69) is 200 Å². The highest BCUT2D eigenvalue weighted by Gasteiger charge is 2.21. The van der Waals surface area contributed by atoms with Gasteiger partial charge in [0.2, 0.25) is 0 Å². The van der Waals surface area contributed by atoms with Crippen LogP contribution in [0, 0.1) is 6.92 Å². The van der Waals surface area contributed by atoms with Crippen molar-refractivity contribution in [2.45, 2.75) is 32.1 Å². The number of hydrogen-bond donors (Lipinski definition) is 0. The van der Waals surface area contributed by atoms with E-state index in [-0.39, 0.29) is 0 Å². The molecule has 250 valence electrons. The molecule has 0 saturated carbocycles. The number of benzene rings is 7. The fourth-order valence-corrected chi connectivity index (χ4v) is 8.00. The van der Waals surface area contributed by atoms with Gasteiger partial charge in [0.25, 0.3) is 0 Å². The second-order valence-corrected chi connectivity index (χ2v) is 14.1. The predicted molar refractivity (Wildman–Crippen MR) is 224 cm³/mol. The summed E-state index contributed by atoms with van der Waals surface area (Å²) in [5.74, 6) is 0.327. The van der Waals surface area contributed by atoms with Crippen LogP contribution in [0.15, 0.2) is 170 Å². The SMILES string of the molecule is Cc1ccc2c(c1/C=C\c1ccc(-c3ccc(N(C4=CC=CC(c5ccccc5)C4)c4ccc5c(ccc6ccccc65)c4)cc3)cc1)=CCCC=2. The smallest absolute Gasteiger partial charge is 0.0464 e. The van der Waals surface area contributed by atoms with E-state index in [1.54, 1.807) is 0 Å². The van der Waals surface area contributed by atoms with Crippen molar-refractivity contribution in [1.29, 1.82) is 0 Å². The molecule has 0 heterocycles. The van der Waals surface area contributed by atoms with Crippen LogP contribution in [0.3, 0.4) is 0 Å². The van der Waals surface area contributed by atoms with Gasteiger partial charge >= 0.3 is 0 Å². The Hall–Kier alpha value is -6.18. The summed E-state index contributed by atoms with van der Waals surface area (Å²) in [6, 6.07) is 53.5. The van der Waals surface area contributed by atoms with E-state index < -0.39 is 0 Å². The van der Waals surface area contributed by atoms with Crippen LogP contribution in [0.1, 0.15) is 47.4 Å². The maximum atomic E-state index is 2.45. The van der Waals surface area contributed by atoms with E-state index in [0.29, 0.717) is 5.92 Å². The molecule has 9 rings (SSSR count). The first-order valence-corrected chi connectivity index (χ1v) is 18.5. The number of allylic oxidation sites excluding steroid dienone is 4. The van der Waals surface area contributed by atoms with Crippen molar-refractivity contribution in [2.24, 2.45) is 0 Å². The van der Waals surface area contributed by atoms with Gasteiger partial charge in [0, 0.05) is 23.0 Å². The summed E-state index contributed by atoms with van der Waals surface area (Å²) in [6.45, 7) is 2.21. The molecule has 7 aromatic carbocycles. The third kappa shape index (κ3) is 6.20. The molecule has 7 aromatic rings. The van der Waals surface area contributed by atoms with Gasteiger partial charge < -0.3 is 4.90 Å². The largest absolute Gasteiger partial charge is 0.314 e. The van der Waals surface area contributed by atoms with Crippen LogP contribution in [0.4, 0.5) is 11.4 Å². The summed E-state index contributed by atoms with van der Waals surface area (Å²) in [7, 11) is 0. The van der Waals surface area contributed by atoms with E-state index in [0.717, 1.165) is 24.9 Å². The van der Waals surface area contributed by atoms with Gasteiger partial charge in [-0.25, -0.2) is 0 Å². The van der Waals surface area contributed by atoms with Gasteiger partial charge in [-0.2, -0.15) is 0 Å². The number of aryl methyl sites for hydroxylation is 1. The number of fused-ring (bicyclic) bond motifs is 4. The van der Waals surface area contributed by atoms with Crippen molar-refractivity contribution in [3.8, 4) is 11.1 Å². The summed E-state index contributed by atoms with van der Waals surface area (Å²) in [5, 5.41) is 7.82. The van der Waals surface area contributed by atoms with Crippen molar-refractivity contribution in [3.05, 3.63) is 202 Å². The van der Waals surface area contributed by atoms with Crippen LogP contribution in [0.5, 0.6) is 0 Å². The lowest BCUT2D eigenvalue weighted by Gasteiger charge is -2.31. The Morgan fingerprint density at radius 1 is 0.596 bits per heavy atom. The summed E-state index contributed by atoms with van der Waals surface area (Å²) < 4.78 is 0. The fraction of sp³-hybridized carbons (Fsp3) is 0.0980. The monoisotopic (exact) mass is 667 g/mol. The van der Waals surface area contributed by atoms with Gasteiger partial charge in [-0.05, 0) is 122 Å². The van der Waals surface area contributed by atoms with Gasteiger partial charge in [0.05, 0.1) is 0 Å². The van der Waals surface area contributed by atoms with Crippen LogP contribution >= 0.6 is 0 Å². The summed E-state index contributed by atoms with van der Waals surface area (Å²) in [5.41, 5.74) is 11.2. The molecule has 1 atom stereocenters. The Balaban J connectivity index is 1.03. The van der Waals surface area contributed by atoms with Crippen molar-refractivity contribution < 1.29 is 0 Å². The number of hydrogen-bond acceptors (Lipinski definition) is 1. The molecule has 0 radical (unpaired) electrons. The minimum absolute atomic E-state index is 0.327. The van der Waals surface area contributed by atoms with Crippen LogP contribution in [0.2, 0.25) is 0 Å². The summed E-state index contributed by atoms with van der Waals surface area (Å²) in [6.07, 6.45) is 19.3. The third-order valence-corrected chi connectivity index (χ3v) is 10.8. The number of nitrogens with zero attached hydrogens (tertiary/aromatic N) is 1. The Bertz CT molecular complexity index is 2640. The van der Waals surface area contributed by atoms with Gasteiger partial charge in [-0.3, -0.25) is 0 Å². The van der Waals surface area contributed by atoms with E-state index in [1.165, 1.54) is 76.7 Å². The quantitative estimate of drug-likeness (QED) is 0.121. The molecule has 1 nitrogen and oxygen atoms in total. The Morgan fingerprint density at radius 3 is 2.15 bits per heavy atom. The predicted octanol–water partition coefficient (Wildman–Crippen LogP) is 12.3. The average Bonchev–Trinajstić information content (AvgIpc) is 3.21. The minimum Gasteiger partial charge on any atom is -0.314 e. The van der Waals surface area contributed by atoms with Crippen molar-refractivity contribution in [1.82, 2.24) is 0 Å². The molecule has 1 heteroatoms. The molecular weight excluding hydrogens is 627 g/mol. The first-order valence-electron chi connectivity index (χ1n) is 18.5. The zero-order valence-corrected chi connectivity index (χ0v) is 29.5. The Labute approximate surface area is 306 Å². The summed E-state index contributed by atoms with van der Waals surface area (Å²) in [4.78, 5) is 2.45. The van der Waals surface area contributed by atoms with E-state index in [4.69, 9.17) is 0 Å². The van der Waals surface area contributed by atoms with E-state index in [9.17, 15) is 0 Å². The fourth-order valence-electron chi connectivity index (χ4n) is 8.00. The van der Waals surface area contributed by atoms with Crippen molar-refractivity contribution in [2.75, 3.05) is 4.90 Å². The average molecular weight is 668 g/mol. The highest BCUT2D eigenvalue weighted by atomic mass is 15.1. The molecule has 0 fully saturated rings. The molecule has 0 aromatic heterocycles. The normalized spacial score (nSPS) is 15.2. The van der Waals surface area contributed by atoms with E-state index >= 15 is 0 Å². The van der Waals surface area contributed by atoms with Crippen LogP contribution in [-0.4, -0.2) is 0 Å². The third-order valence-electron chi connectivity index (χ3n) is 10.8. The molecule has 0 amide bonds. The standard InChI is InChI=1S/C51H41N/c1-36-18-22-41-12-5-7-16-49(41)48(36)32-21-37-19-23-39(24-20-37)40-27-29-45(30-28-40)52(46-15-9-14-43(34-46)38-10-3-2-4-11-38)47-31-33-51-44(35-47)26-25-42-13-6-8-17-50(42)51/h2-4,6,8-33,35,43H,5,7,34H2,1H3/b32-21-. The van der Waals surface area contributed by atoms with Crippen LogP contribution in [-0.2, 0) is 0 Å². The molecule has 2 aliphatic rings. The summed E-state index contributed by atoms with van der Waals surface area (Å²) >= 11 is 0. The highest BCUT2D eigenvalue weighted by Crippen LogP contribution is 2.40. The maximum absolute atomic E-state index is 2.45. The Morgan fingerprint density at radius 2 is 1.31 bits per heavy atom. The molecule has 1 unspecified atom stereocenters. The first-order chi connectivity index (χ1) is 25.7. The molecule has 0 aliphatic heterocycles. The zero-order chi connectivity index (χ0) is 34.9. The lowest BCUT2D eigenvalue weighted by molar-refractivity contribution is 0.794. The van der Waals surface area contributed by atoms with Gasteiger partial charge in [-0.1, -0.05) is 158 Å². The molecule has 0 bridgehead atoms. The number of anilines is 2. The Kier molecular flexibility index (Phi) is 8.47. The lowest BCUT2D eigenvalue weighted by Crippen LogP contribution is -2.29. The molecule has 2 aliphatic carbocycles. The first kappa shape index (κ1) is 31.8. The molecule has 0 N–H and O–H groups in total. The molecule has 52 heavy (non-hydrogen) atoms. The highest BCUT2D eigenvalue weighted by molar-refractivity contribution is 6.08. The molecular formula is C51H41N. The zero-order valence-electron chi connectivity index (χ0n) is 29.5. The minimum atomic E-state index is 0.327. The van der Waals surface area contributed by atoms with Crippen LogP contribution in [0.25, 0.3) is 57.0 Å². The van der Waals surface area contributed by atoms with E-state index in [1.807, 2.05) is 0 Å². The van der Waals surface area contributed by atoms with Crippen molar-refractivity contribution >= 4 is 57.2 Å². The second kappa shape index (κ2) is 13.9. The van der Waals surface area contributed by atoms with Crippen LogP contribution < -0.4 is 15.3 Å². The molecule has 0 saturated heterocycles. The molecule has 0 spiro atoms. The number of rotatable bonds is 7.